The number of hydrogen-bond acceptors (Lipinski definition) is 1. The Balaban J connectivity index is 1.83. The molecule has 0 amide bonds. The molecule has 0 aromatic carbocycles. The van der Waals surface area contributed by atoms with Gasteiger partial charge in [0, 0.05) is 6.42 Å². The van der Waals surface area contributed by atoms with Crippen molar-refractivity contribution in [2.45, 2.75) is 26.2 Å². The third kappa shape index (κ3) is 0.799. The minimum atomic E-state index is 0.753. The van der Waals surface area contributed by atoms with Crippen molar-refractivity contribution in [2.24, 2.45) is 23.7 Å². The van der Waals surface area contributed by atoms with Crippen molar-refractivity contribution >= 4 is 6.29 Å². The summed E-state index contributed by atoms with van der Waals surface area (Å²) in [6, 6.07) is 0. The molecular formula is C9H14O. The highest BCUT2D eigenvalue weighted by molar-refractivity contribution is 5.49. The summed E-state index contributed by atoms with van der Waals surface area (Å²) in [4.78, 5) is 10.2. The van der Waals surface area contributed by atoms with Crippen LogP contribution in [-0.4, -0.2) is 6.29 Å². The molecule has 2 unspecified atom stereocenters. The van der Waals surface area contributed by atoms with Crippen molar-refractivity contribution in [2.75, 3.05) is 0 Å². The molecule has 2 rings (SSSR count). The van der Waals surface area contributed by atoms with E-state index in [4.69, 9.17) is 0 Å². The number of fused-ring (bicyclic) bond motifs is 1. The molecule has 0 aromatic heterocycles. The lowest BCUT2D eigenvalue weighted by Gasteiger charge is -2.07. The molecule has 0 radical (unpaired) electrons. The Morgan fingerprint density at radius 3 is 2.50 bits per heavy atom. The van der Waals surface area contributed by atoms with E-state index in [2.05, 4.69) is 6.92 Å². The zero-order valence-electron chi connectivity index (χ0n) is 6.42. The Morgan fingerprint density at radius 1 is 1.40 bits per heavy atom. The standard InChI is InChI=1S/C9H14O/c1-6-8-4-7(2-3-10)5-9(6)8/h3,6-9H,2,4-5H2,1H3/t6?,7?,8-,9+. The summed E-state index contributed by atoms with van der Waals surface area (Å²) in [6.07, 6.45) is 4.58. The summed E-state index contributed by atoms with van der Waals surface area (Å²) in [7, 11) is 0. The van der Waals surface area contributed by atoms with Gasteiger partial charge in [0.05, 0.1) is 0 Å². The van der Waals surface area contributed by atoms with Crippen LogP contribution in [0.1, 0.15) is 26.2 Å². The molecule has 2 aliphatic carbocycles. The van der Waals surface area contributed by atoms with Crippen molar-refractivity contribution < 1.29 is 4.79 Å². The summed E-state index contributed by atoms with van der Waals surface area (Å²) >= 11 is 0. The number of carbonyl (C=O) groups excluding carboxylic acids is 1. The Bertz CT molecular complexity index is 141. The molecule has 2 aliphatic rings. The molecule has 56 valence electrons. The molecule has 0 N–H and O–H groups in total. The molecule has 1 nitrogen and oxygen atoms in total. The van der Waals surface area contributed by atoms with Crippen molar-refractivity contribution in [3.63, 3.8) is 0 Å². The van der Waals surface area contributed by atoms with E-state index < -0.39 is 0 Å². The summed E-state index contributed by atoms with van der Waals surface area (Å²) in [6.45, 7) is 2.34. The third-order valence-corrected chi connectivity index (χ3v) is 3.40. The van der Waals surface area contributed by atoms with E-state index in [1.54, 1.807) is 0 Å². The Hall–Kier alpha value is -0.330. The van der Waals surface area contributed by atoms with Crippen LogP contribution in [0.4, 0.5) is 0 Å². The zero-order valence-corrected chi connectivity index (χ0v) is 6.42. The lowest BCUT2D eigenvalue weighted by molar-refractivity contribution is -0.108. The molecule has 0 aromatic rings. The maximum absolute atomic E-state index is 10.2. The van der Waals surface area contributed by atoms with Gasteiger partial charge < -0.3 is 4.79 Å². The van der Waals surface area contributed by atoms with E-state index in [9.17, 15) is 4.79 Å². The first-order valence-corrected chi connectivity index (χ1v) is 4.26. The van der Waals surface area contributed by atoms with Gasteiger partial charge in [-0.15, -0.1) is 0 Å². The van der Waals surface area contributed by atoms with E-state index >= 15 is 0 Å². The minimum Gasteiger partial charge on any atom is -0.303 e. The zero-order chi connectivity index (χ0) is 7.14. The number of hydrogen-bond donors (Lipinski definition) is 0. The molecule has 10 heavy (non-hydrogen) atoms. The van der Waals surface area contributed by atoms with Crippen LogP contribution < -0.4 is 0 Å². The van der Waals surface area contributed by atoms with Gasteiger partial charge in [-0.1, -0.05) is 6.92 Å². The molecular weight excluding hydrogens is 124 g/mol. The number of rotatable bonds is 2. The Morgan fingerprint density at radius 2 is 2.00 bits per heavy atom. The average molecular weight is 138 g/mol. The lowest BCUT2D eigenvalue weighted by Crippen LogP contribution is -1.99. The van der Waals surface area contributed by atoms with Crippen LogP contribution in [0, 0.1) is 23.7 Å². The molecule has 2 fully saturated rings. The summed E-state index contributed by atoms with van der Waals surface area (Å²) in [5.41, 5.74) is 0. The van der Waals surface area contributed by atoms with E-state index in [-0.39, 0.29) is 0 Å². The first kappa shape index (κ1) is 6.38. The van der Waals surface area contributed by atoms with Crippen molar-refractivity contribution in [3.8, 4) is 0 Å². The fourth-order valence-corrected chi connectivity index (χ4v) is 2.61. The molecule has 0 aliphatic heterocycles. The van der Waals surface area contributed by atoms with Gasteiger partial charge in [-0.05, 0) is 36.5 Å². The van der Waals surface area contributed by atoms with E-state index in [1.807, 2.05) is 0 Å². The van der Waals surface area contributed by atoms with Gasteiger partial charge in [-0.25, -0.2) is 0 Å². The fraction of sp³-hybridized carbons (Fsp3) is 0.889. The lowest BCUT2D eigenvalue weighted by atomic mass is 9.98. The highest BCUT2D eigenvalue weighted by Gasteiger charge is 2.52. The minimum absolute atomic E-state index is 0.753. The Labute approximate surface area is 61.8 Å². The topological polar surface area (TPSA) is 17.1 Å². The summed E-state index contributed by atoms with van der Waals surface area (Å²) < 4.78 is 0. The SMILES string of the molecule is CC1[C@H]2CC(CC=O)C[C@@H]12. The molecule has 0 spiro atoms. The molecule has 0 saturated heterocycles. The number of carbonyl (C=O) groups is 1. The van der Waals surface area contributed by atoms with Gasteiger partial charge >= 0.3 is 0 Å². The van der Waals surface area contributed by atoms with Gasteiger partial charge in [0.2, 0.25) is 0 Å². The van der Waals surface area contributed by atoms with Crippen LogP contribution in [0.3, 0.4) is 0 Å². The molecule has 0 heterocycles. The first-order valence-electron chi connectivity index (χ1n) is 4.26. The van der Waals surface area contributed by atoms with Crippen molar-refractivity contribution in [3.05, 3.63) is 0 Å². The third-order valence-electron chi connectivity index (χ3n) is 3.40. The quantitative estimate of drug-likeness (QED) is 0.532. The van der Waals surface area contributed by atoms with Crippen LogP contribution >= 0.6 is 0 Å². The molecule has 0 bridgehead atoms. The van der Waals surface area contributed by atoms with Gasteiger partial charge in [0.1, 0.15) is 6.29 Å². The van der Waals surface area contributed by atoms with Crippen LogP contribution in [0.25, 0.3) is 0 Å². The molecule has 1 heteroatoms. The van der Waals surface area contributed by atoms with Gasteiger partial charge in [0.15, 0.2) is 0 Å². The summed E-state index contributed by atoms with van der Waals surface area (Å²) in [5, 5.41) is 0. The molecule has 2 saturated carbocycles. The predicted octanol–water partition coefficient (Wildman–Crippen LogP) is 1.87. The van der Waals surface area contributed by atoms with Crippen LogP contribution in [0.5, 0.6) is 0 Å². The average Bonchev–Trinajstić information content (AvgIpc) is 2.44. The second-order valence-corrected chi connectivity index (χ2v) is 3.93. The number of aldehydes is 1. The first-order chi connectivity index (χ1) is 4.83. The maximum Gasteiger partial charge on any atom is 0.120 e. The van der Waals surface area contributed by atoms with Crippen LogP contribution in [0.2, 0.25) is 0 Å². The Kier molecular flexibility index (Phi) is 1.33. The highest BCUT2D eigenvalue weighted by atomic mass is 16.1. The summed E-state index contributed by atoms with van der Waals surface area (Å²) in [5.74, 6) is 3.75. The maximum atomic E-state index is 10.2. The fourth-order valence-electron chi connectivity index (χ4n) is 2.61. The monoisotopic (exact) mass is 138 g/mol. The smallest absolute Gasteiger partial charge is 0.120 e. The predicted molar refractivity (Wildman–Crippen MR) is 39.5 cm³/mol. The van der Waals surface area contributed by atoms with E-state index in [0.717, 1.165) is 36.4 Å². The van der Waals surface area contributed by atoms with E-state index in [1.165, 1.54) is 12.8 Å². The van der Waals surface area contributed by atoms with Crippen LogP contribution in [-0.2, 0) is 4.79 Å². The van der Waals surface area contributed by atoms with Crippen LogP contribution in [0.15, 0.2) is 0 Å². The van der Waals surface area contributed by atoms with E-state index in [0.29, 0.717) is 0 Å². The molecule has 4 atom stereocenters. The van der Waals surface area contributed by atoms with Crippen molar-refractivity contribution in [1.29, 1.82) is 0 Å². The second-order valence-electron chi connectivity index (χ2n) is 3.93. The van der Waals surface area contributed by atoms with Gasteiger partial charge in [0.25, 0.3) is 0 Å². The second kappa shape index (κ2) is 2.08. The van der Waals surface area contributed by atoms with Gasteiger partial charge in [-0.3, -0.25) is 0 Å². The largest absolute Gasteiger partial charge is 0.303 e. The normalized spacial score (nSPS) is 50.5. The van der Waals surface area contributed by atoms with Gasteiger partial charge in [-0.2, -0.15) is 0 Å². The highest BCUT2D eigenvalue weighted by Crippen LogP contribution is 2.59. The van der Waals surface area contributed by atoms with Crippen molar-refractivity contribution in [1.82, 2.24) is 0 Å².